The van der Waals surface area contributed by atoms with Gasteiger partial charge in [-0.1, -0.05) is 26.0 Å². The number of aromatic nitrogens is 1. The highest BCUT2D eigenvalue weighted by atomic mass is 16.3. The average Bonchev–Trinajstić information content (AvgIpc) is 2.84. The Bertz CT molecular complexity index is 815. The van der Waals surface area contributed by atoms with Gasteiger partial charge in [-0.25, -0.2) is 0 Å². The van der Waals surface area contributed by atoms with Gasteiger partial charge in [-0.2, -0.15) is 0 Å². The number of amides is 1. The number of hydrogen-bond donors (Lipinski definition) is 2. The quantitative estimate of drug-likeness (QED) is 0.884. The van der Waals surface area contributed by atoms with Gasteiger partial charge in [0.2, 0.25) is 0 Å². The number of nitrogens with one attached hydrogen (secondary N) is 1. The molecule has 4 heteroatoms. The van der Waals surface area contributed by atoms with Gasteiger partial charge in [-0.05, 0) is 61.0 Å². The summed E-state index contributed by atoms with van der Waals surface area (Å²) >= 11 is 0. The van der Waals surface area contributed by atoms with E-state index in [1.165, 1.54) is 25.7 Å². The van der Waals surface area contributed by atoms with Gasteiger partial charge in [0, 0.05) is 18.1 Å². The Morgan fingerprint density at radius 2 is 2.16 bits per heavy atom. The lowest BCUT2D eigenvalue weighted by Crippen LogP contribution is -2.33. The number of pyridine rings is 1. The van der Waals surface area contributed by atoms with E-state index in [2.05, 4.69) is 24.1 Å². The Kier molecular flexibility index (Phi) is 3.94. The topological polar surface area (TPSA) is 62.2 Å². The fraction of sp³-hybridized carbons (Fsp3) is 0.524. The number of phenols is 1. The maximum absolute atomic E-state index is 12.6. The normalized spacial score (nSPS) is 27.4. The molecular formula is C21H26N2O2. The Morgan fingerprint density at radius 3 is 3.00 bits per heavy atom. The van der Waals surface area contributed by atoms with E-state index in [0.717, 1.165) is 17.2 Å². The predicted octanol–water partition coefficient (Wildman–Crippen LogP) is 4.13. The van der Waals surface area contributed by atoms with Crippen LogP contribution in [0.4, 0.5) is 0 Å². The molecule has 1 aromatic carbocycles. The molecule has 1 amide bonds. The Balaban J connectivity index is 1.46. The van der Waals surface area contributed by atoms with Crippen LogP contribution in [0.2, 0.25) is 0 Å². The van der Waals surface area contributed by atoms with Crippen LogP contribution in [0.25, 0.3) is 10.9 Å². The largest absolute Gasteiger partial charge is 0.505 e. The van der Waals surface area contributed by atoms with Crippen molar-refractivity contribution < 1.29 is 9.90 Å². The minimum Gasteiger partial charge on any atom is -0.505 e. The van der Waals surface area contributed by atoms with Crippen LogP contribution in [-0.2, 0) is 0 Å². The van der Waals surface area contributed by atoms with Gasteiger partial charge < -0.3 is 10.4 Å². The summed E-state index contributed by atoms with van der Waals surface area (Å²) < 4.78 is 0. The van der Waals surface area contributed by atoms with E-state index in [1.54, 1.807) is 12.3 Å². The number of benzene rings is 1. The number of nitrogens with zero attached hydrogens (tertiary/aromatic N) is 1. The van der Waals surface area contributed by atoms with Gasteiger partial charge in [0.05, 0.1) is 5.56 Å². The summed E-state index contributed by atoms with van der Waals surface area (Å²) in [4.78, 5) is 16.8. The molecular weight excluding hydrogens is 312 g/mol. The molecule has 0 aliphatic heterocycles. The second kappa shape index (κ2) is 6.01. The third-order valence-corrected chi connectivity index (χ3v) is 6.55. The van der Waals surface area contributed by atoms with Crippen molar-refractivity contribution in [3.8, 4) is 5.75 Å². The van der Waals surface area contributed by atoms with Gasteiger partial charge in [0.1, 0.15) is 5.52 Å². The van der Waals surface area contributed by atoms with Crippen LogP contribution in [-0.4, -0.2) is 22.5 Å². The maximum Gasteiger partial charge on any atom is 0.255 e. The second-order valence-electron chi connectivity index (χ2n) is 8.47. The predicted molar refractivity (Wildman–Crippen MR) is 98.5 cm³/mol. The van der Waals surface area contributed by atoms with Crippen molar-refractivity contribution in [1.29, 1.82) is 0 Å². The first kappa shape index (κ1) is 16.4. The molecule has 1 heterocycles. The van der Waals surface area contributed by atoms with E-state index in [1.807, 2.05) is 18.2 Å². The van der Waals surface area contributed by atoms with Crippen LogP contribution >= 0.6 is 0 Å². The van der Waals surface area contributed by atoms with E-state index in [9.17, 15) is 9.90 Å². The molecule has 2 unspecified atom stereocenters. The Morgan fingerprint density at radius 1 is 1.32 bits per heavy atom. The fourth-order valence-electron chi connectivity index (χ4n) is 5.03. The zero-order valence-corrected chi connectivity index (χ0v) is 15.0. The molecule has 132 valence electrons. The number of hydrogen-bond acceptors (Lipinski definition) is 3. The van der Waals surface area contributed by atoms with Crippen LogP contribution in [0.5, 0.6) is 5.75 Å². The van der Waals surface area contributed by atoms with Crippen LogP contribution in [0, 0.1) is 23.2 Å². The van der Waals surface area contributed by atoms with Crippen molar-refractivity contribution in [2.24, 2.45) is 23.2 Å². The third kappa shape index (κ3) is 2.88. The molecule has 3 atom stereocenters. The standard InChI is InChI=1S/C21H26N2O2/c1-21(2)11-15-10-16(21)7-5-14(15)12-23-20(25)17-8-6-13-4-3-9-22-18(13)19(17)24/h3-4,6,8-9,14-16,24H,5,7,10-12H2,1-2H3,(H,23,25)/t14-,15?,16?/m0/s1. The second-order valence-corrected chi connectivity index (χ2v) is 8.47. The molecule has 2 fully saturated rings. The van der Waals surface area contributed by atoms with E-state index >= 15 is 0 Å². The number of carbonyl (C=O) groups excluding carboxylic acids is 1. The zero-order valence-electron chi connectivity index (χ0n) is 15.0. The number of carbonyl (C=O) groups is 1. The van der Waals surface area contributed by atoms with Crippen molar-refractivity contribution >= 4 is 16.8 Å². The highest BCUT2D eigenvalue weighted by Crippen LogP contribution is 2.55. The lowest BCUT2D eigenvalue weighted by molar-refractivity contribution is 0.0933. The van der Waals surface area contributed by atoms with E-state index in [0.29, 0.717) is 29.0 Å². The van der Waals surface area contributed by atoms with Gasteiger partial charge in [-0.15, -0.1) is 0 Å². The Hall–Kier alpha value is -2.10. The number of fused-ring (bicyclic) bond motifs is 3. The van der Waals surface area contributed by atoms with E-state index < -0.39 is 0 Å². The smallest absolute Gasteiger partial charge is 0.255 e. The summed E-state index contributed by atoms with van der Waals surface area (Å²) in [6.07, 6.45) is 6.67. The molecule has 4 nitrogen and oxygen atoms in total. The van der Waals surface area contributed by atoms with Crippen LogP contribution in [0.1, 0.15) is 49.9 Å². The van der Waals surface area contributed by atoms with E-state index in [4.69, 9.17) is 0 Å². The molecule has 0 saturated heterocycles. The summed E-state index contributed by atoms with van der Waals surface area (Å²) in [5.74, 6) is 1.90. The zero-order chi connectivity index (χ0) is 17.6. The van der Waals surface area contributed by atoms with E-state index in [-0.39, 0.29) is 11.7 Å². The molecule has 0 radical (unpaired) electrons. The van der Waals surface area contributed by atoms with Crippen LogP contribution in [0.15, 0.2) is 30.5 Å². The van der Waals surface area contributed by atoms with Crippen LogP contribution < -0.4 is 5.32 Å². The monoisotopic (exact) mass is 338 g/mol. The first-order valence-corrected chi connectivity index (χ1v) is 9.30. The molecule has 2 bridgehead atoms. The first-order chi connectivity index (χ1) is 12.0. The van der Waals surface area contributed by atoms with Gasteiger partial charge in [0.25, 0.3) is 5.91 Å². The van der Waals surface area contributed by atoms with Crippen molar-refractivity contribution in [1.82, 2.24) is 10.3 Å². The van der Waals surface area contributed by atoms with Crippen LogP contribution in [0.3, 0.4) is 0 Å². The molecule has 2 aliphatic rings. The molecule has 1 aromatic heterocycles. The van der Waals surface area contributed by atoms with Crippen molar-refractivity contribution in [3.05, 3.63) is 36.0 Å². The summed E-state index contributed by atoms with van der Waals surface area (Å²) in [5.41, 5.74) is 1.24. The Labute approximate surface area is 148 Å². The number of aromatic hydroxyl groups is 1. The molecule has 25 heavy (non-hydrogen) atoms. The molecule has 4 rings (SSSR count). The maximum atomic E-state index is 12.6. The molecule has 2 saturated carbocycles. The third-order valence-electron chi connectivity index (χ3n) is 6.55. The van der Waals surface area contributed by atoms with Gasteiger partial charge in [0.15, 0.2) is 5.75 Å². The fourth-order valence-corrected chi connectivity index (χ4v) is 5.03. The minimum atomic E-state index is -0.204. The first-order valence-electron chi connectivity index (χ1n) is 9.30. The molecule has 2 N–H and O–H groups in total. The van der Waals surface area contributed by atoms with Crippen molar-refractivity contribution in [2.75, 3.05) is 6.54 Å². The SMILES string of the molecule is CC1(C)CC2CC1CC[C@H]2CNC(=O)c1ccc2cccnc2c1O. The summed E-state index contributed by atoms with van der Waals surface area (Å²) in [7, 11) is 0. The molecule has 0 spiro atoms. The number of rotatable bonds is 3. The highest BCUT2D eigenvalue weighted by molar-refractivity contribution is 6.02. The van der Waals surface area contributed by atoms with Crippen molar-refractivity contribution in [3.63, 3.8) is 0 Å². The summed E-state index contributed by atoms with van der Waals surface area (Å²) in [6.45, 7) is 5.48. The highest BCUT2D eigenvalue weighted by Gasteiger charge is 2.46. The number of phenolic OH excluding ortho intramolecular Hbond substituents is 1. The lowest BCUT2D eigenvalue weighted by atomic mass is 9.77. The molecule has 2 aliphatic carbocycles. The summed E-state index contributed by atoms with van der Waals surface area (Å²) in [6, 6.07) is 7.22. The summed E-state index contributed by atoms with van der Waals surface area (Å²) in [5, 5.41) is 14.3. The molecule has 2 aromatic rings. The average molecular weight is 338 g/mol. The van der Waals surface area contributed by atoms with Gasteiger partial charge >= 0.3 is 0 Å². The lowest BCUT2D eigenvalue weighted by Gasteiger charge is -2.30. The minimum absolute atomic E-state index is 0.0266. The van der Waals surface area contributed by atoms with Gasteiger partial charge in [-0.3, -0.25) is 9.78 Å². The van der Waals surface area contributed by atoms with Crippen molar-refractivity contribution in [2.45, 2.75) is 39.5 Å².